The Morgan fingerprint density at radius 3 is 3.00 bits per heavy atom. The summed E-state index contributed by atoms with van der Waals surface area (Å²) in [6, 6.07) is 0.645. The van der Waals surface area contributed by atoms with Crippen LogP contribution >= 0.6 is 0 Å². The molecule has 0 aromatic carbocycles. The number of rotatable bonds is 4. The first kappa shape index (κ1) is 8.27. The molecule has 68 valence electrons. The summed E-state index contributed by atoms with van der Waals surface area (Å²) in [7, 11) is 0. The van der Waals surface area contributed by atoms with Crippen LogP contribution in [0.15, 0.2) is 11.6 Å². The van der Waals surface area contributed by atoms with Gasteiger partial charge in [0.1, 0.15) is 0 Å². The molecule has 0 bridgehead atoms. The van der Waals surface area contributed by atoms with Crippen LogP contribution in [0.1, 0.15) is 25.7 Å². The largest absolute Gasteiger partial charge is 0.378 e. The maximum Gasteiger partial charge on any atom is 0.0643 e. The predicted molar refractivity (Wildman–Crippen MR) is 49.2 cm³/mol. The summed E-state index contributed by atoms with van der Waals surface area (Å²) in [5, 5.41) is 3.48. The van der Waals surface area contributed by atoms with Crippen molar-refractivity contribution in [2.45, 2.75) is 31.7 Å². The Bertz CT molecular complexity index is 173. The third-order valence-electron chi connectivity index (χ3n) is 2.65. The van der Waals surface area contributed by atoms with Crippen molar-refractivity contribution in [3.8, 4) is 0 Å². The molecular formula is C10H17NO. The van der Waals surface area contributed by atoms with Gasteiger partial charge < -0.3 is 10.1 Å². The molecule has 0 atom stereocenters. The van der Waals surface area contributed by atoms with E-state index in [-0.39, 0.29) is 0 Å². The minimum atomic E-state index is 0.645. The Morgan fingerprint density at radius 2 is 2.42 bits per heavy atom. The van der Waals surface area contributed by atoms with E-state index in [1.807, 2.05) is 0 Å². The van der Waals surface area contributed by atoms with Gasteiger partial charge in [0, 0.05) is 0 Å². The molecule has 0 radical (unpaired) electrons. The number of nitrogens with one attached hydrogen (secondary N) is 1. The van der Waals surface area contributed by atoms with E-state index in [1.54, 1.807) is 5.57 Å². The molecule has 1 N–H and O–H groups in total. The van der Waals surface area contributed by atoms with Crippen molar-refractivity contribution in [1.29, 1.82) is 0 Å². The van der Waals surface area contributed by atoms with Crippen molar-refractivity contribution >= 4 is 0 Å². The standard InChI is InChI=1S/C10H17NO/c1-2-4-9(3-1)5-6-11-10-7-12-8-10/h3,10-11H,1-2,4-8H2. The van der Waals surface area contributed by atoms with Crippen molar-refractivity contribution in [1.82, 2.24) is 5.32 Å². The zero-order chi connectivity index (χ0) is 8.23. The summed E-state index contributed by atoms with van der Waals surface area (Å²) in [4.78, 5) is 0. The maximum atomic E-state index is 5.08. The van der Waals surface area contributed by atoms with Crippen LogP contribution in [-0.2, 0) is 4.74 Å². The molecule has 1 aliphatic heterocycles. The maximum absolute atomic E-state index is 5.08. The SMILES string of the molecule is C1=C(CCNC2COC2)CCC1. The molecule has 0 aromatic rings. The quantitative estimate of drug-likeness (QED) is 0.640. The van der Waals surface area contributed by atoms with E-state index < -0.39 is 0 Å². The zero-order valence-corrected chi connectivity index (χ0v) is 7.51. The molecular weight excluding hydrogens is 150 g/mol. The number of hydrogen-bond acceptors (Lipinski definition) is 2. The first-order chi connectivity index (χ1) is 5.95. The van der Waals surface area contributed by atoms with Crippen molar-refractivity contribution in [2.75, 3.05) is 19.8 Å². The van der Waals surface area contributed by atoms with Crippen LogP contribution in [0.5, 0.6) is 0 Å². The molecule has 12 heavy (non-hydrogen) atoms. The van der Waals surface area contributed by atoms with E-state index in [4.69, 9.17) is 4.74 Å². The summed E-state index contributed by atoms with van der Waals surface area (Å²) >= 11 is 0. The van der Waals surface area contributed by atoms with Crippen LogP contribution in [0.25, 0.3) is 0 Å². The minimum Gasteiger partial charge on any atom is -0.378 e. The number of hydrogen-bond donors (Lipinski definition) is 1. The highest BCUT2D eigenvalue weighted by atomic mass is 16.5. The topological polar surface area (TPSA) is 21.3 Å². The Labute approximate surface area is 74.0 Å². The van der Waals surface area contributed by atoms with Crippen molar-refractivity contribution in [3.63, 3.8) is 0 Å². The van der Waals surface area contributed by atoms with E-state index in [9.17, 15) is 0 Å². The van der Waals surface area contributed by atoms with E-state index in [0.29, 0.717) is 6.04 Å². The third kappa shape index (κ3) is 2.08. The Balaban J connectivity index is 1.55. The summed E-state index contributed by atoms with van der Waals surface area (Å²) in [6.45, 7) is 2.97. The third-order valence-corrected chi connectivity index (χ3v) is 2.65. The van der Waals surface area contributed by atoms with Crippen LogP contribution in [0.2, 0.25) is 0 Å². The van der Waals surface area contributed by atoms with Gasteiger partial charge in [0.2, 0.25) is 0 Å². The molecule has 1 aliphatic carbocycles. The normalized spacial score (nSPS) is 23.8. The van der Waals surface area contributed by atoms with Crippen LogP contribution in [0.3, 0.4) is 0 Å². The summed E-state index contributed by atoms with van der Waals surface area (Å²) in [5.41, 5.74) is 1.66. The van der Waals surface area contributed by atoms with Gasteiger partial charge in [-0.05, 0) is 32.2 Å². The molecule has 2 aliphatic rings. The van der Waals surface area contributed by atoms with E-state index in [0.717, 1.165) is 19.8 Å². The van der Waals surface area contributed by atoms with Gasteiger partial charge in [0.15, 0.2) is 0 Å². The lowest BCUT2D eigenvalue weighted by molar-refractivity contribution is -0.00468. The van der Waals surface area contributed by atoms with Gasteiger partial charge in [-0.3, -0.25) is 0 Å². The average Bonchev–Trinajstić information content (AvgIpc) is 2.46. The van der Waals surface area contributed by atoms with Crippen LogP contribution < -0.4 is 5.32 Å². The van der Waals surface area contributed by atoms with E-state index in [2.05, 4.69) is 11.4 Å². The first-order valence-electron chi connectivity index (χ1n) is 4.94. The van der Waals surface area contributed by atoms with Crippen LogP contribution in [0, 0.1) is 0 Å². The first-order valence-corrected chi connectivity index (χ1v) is 4.94. The van der Waals surface area contributed by atoms with Gasteiger partial charge in [-0.25, -0.2) is 0 Å². The van der Waals surface area contributed by atoms with E-state index >= 15 is 0 Å². The highest BCUT2D eigenvalue weighted by Crippen LogP contribution is 2.19. The van der Waals surface area contributed by atoms with E-state index in [1.165, 1.54) is 25.7 Å². The fourth-order valence-electron chi connectivity index (χ4n) is 1.75. The van der Waals surface area contributed by atoms with Crippen molar-refractivity contribution in [3.05, 3.63) is 11.6 Å². The number of ether oxygens (including phenoxy) is 1. The highest BCUT2D eigenvalue weighted by Gasteiger charge is 2.16. The predicted octanol–water partition coefficient (Wildman–Crippen LogP) is 1.48. The lowest BCUT2D eigenvalue weighted by Gasteiger charge is -2.27. The lowest BCUT2D eigenvalue weighted by atomic mass is 10.1. The molecule has 0 saturated carbocycles. The van der Waals surface area contributed by atoms with Crippen LogP contribution in [-0.4, -0.2) is 25.8 Å². The second-order valence-corrected chi connectivity index (χ2v) is 3.69. The molecule has 2 heteroatoms. The molecule has 2 rings (SSSR count). The summed E-state index contributed by atoms with van der Waals surface area (Å²) in [6.07, 6.45) is 7.67. The zero-order valence-electron chi connectivity index (χ0n) is 7.51. The Morgan fingerprint density at radius 1 is 1.50 bits per heavy atom. The smallest absolute Gasteiger partial charge is 0.0643 e. The fourth-order valence-corrected chi connectivity index (χ4v) is 1.75. The fraction of sp³-hybridized carbons (Fsp3) is 0.800. The molecule has 0 spiro atoms. The van der Waals surface area contributed by atoms with Gasteiger partial charge in [0.25, 0.3) is 0 Å². The molecule has 1 fully saturated rings. The van der Waals surface area contributed by atoms with Gasteiger partial charge in [-0.2, -0.15) is 0 Å². The lowest BCUT2D eigenvalue weighted by Crippen LogP contribution is -2.46. The molecule has 2 nitrogen and oxygen atoms in total. The summed E-state index contributed by atoms with van der Waals surface area (Å²) < 4.78 is 5.08. The summed E-state index contributed by atoms with van der Waals surface area (Å²) in [5.74, 6) is 0. The molecule has 1 heterocycles. The molecule has 0 aromatic heterocycles. The average molecular weight is 167 g/mol. The van der Waals surface area contributed by atoms with Gasteiger partial charge >= 0.3 is 0 Å². The molecule has 1 saturated heterocycles. The monoisotopic (exact) mass is 167 g/mol. The van der Waals surface area contributed by atoms with Gasteiger partial charge in [-0.1, -0.05) is 11.6 Å². The molecule has 0 unspecified atom stereocenters. The second-order valence-electron chi connectivity index (χ2n) is 3.69. The Hall–Kier alpha value is -0.340. The second kappa shape index (κ2) is 4.06. The van der Waals surface area contributed by atoms with Crippen molar-refractivity contribution in [2.24, 2.45) is 0 Å². The van der Waals surface area contributed by atoms with Gasteiger partial charge in [0.05, 0.1) is 19.3 Å². The number of allylic oxidation sites excluding steroid dienone is 1. The minimum absolute atomic E-state index is 0.645. The van der Waals surface area contributed by atoms with Crippen molar-refractivity contribution < 1.29 is 4.74 Å². The Kier molecular flexibility index (Phi) is 2.79. The van der Waals surface area contributed by atoms with Gasteiger partial charge in [-0.15, -0.1) is 0 Å². The highest BCUT2D eigenvalue weighted by molar-refractivity contribution is 5.07. The molecule has 0 amide bonds. The van der Waals surface area contributed by atoms with Crippen LogP contribution in [0.4, 0.5) is 0 Å².